The van der Waals surface area contributed by atoms with E-state index in [9.17, 15) is 14.0 Å². The Kier molecular flexibility index (Phi) is 4.22. The van der Waals surface area contributed by atoms with E-state index in [1.54, 1.807) is 24.3 Å². The molecule has 1 aliphatic rings. The lowest BCUT2D eigenvalue weighted by Gasteiger charge is -2.15. The van der Waals surface area contributed by atoms with Crippen LogP contribution in [0.3, 0.4) is 0 Å². The summed E-state index contributed by atoms with van der Waals surface area (Å²) in [5.74, 6) is -1.62. The number of imide groups is 1. The Balaban J connectivity index is 1.93. The van der Waals surface area contributed by atoms with Crippen molar-refractivity contribution < 1.29 is 18.7 Å². The molecule has 0 saturated heterocycles. The minimum Gasteiger partial charge on any atom is -0.497 e. The predicted molar refractivity (Wildman–Crippen MR) is 88.4 cm³/mol. The van der Waals surface area contributed by atoms with E-state index < -0.39 is 17.6 Å². The van der Waals surface area contributed by atoms with Crippen LogP contribution in [0.5, 0.6) is 5.75 Å². The van der Waals surface area contributed by atoms with Gasteiger partial charge in [0.15, 0.2) is 0 Å². The number of hydrogen-bond acceptors (Lipinski definition) is 4. The van der Waals surface area contributed by atoms with Gasteiger partial charge >= 0.3 is 0 Å². The van der Waals surface area contributed by atoms with Crippen LogP contribution in [0.25, 0.3) is 0 Å². The molecule has 0 aliphatic carbocycles. The Morgan fingerprint density at radius 1 is 1.08 bits per heavy atom. The van der Waals surface area contributed by atoms with Crippen LogP contribution in [0.4, 0.5) is 15.8 Å². The van der Waals surface area contributed by atoms with Crippen LogP contribution >= 0.6 is 11.6 Å². The maximum absolute atomic E-state index is 13.9. The van der Waals surface area contributed by atoms with Gasteiger partial charge in [-0.2, -0.15) is 0 Å². The first-order chi connectivity index (χ1) is 11.5. The third-order valence-electron chi connectivity index (χ3n) is 3.46. The number of para-hydroxylation sites is 1. The summed E-state index contributed by atoms with van der Waals surface area (Å²) in [5, 5.41) is 2.50. The molecule has 0 bridgehead atoms. The van der Waals surface area contributed by atoms with Crippen molar-refractivity contribution in [1.29, 1.82) is 0 Å². The highest BCUT2D eigenvalue weighted by Gasteiger charge is 2.40. The van der Waals surface area contributed by atoms with Crippen molar-refractivity contribution in [3.8, 4) is 5.75 Å². The van der Waals surface area contributed by atoms with Crippen molar-refractivity contribution in [2.45, 2.75) is 0 Å². The molecule has 1 heterocycles. The molecule has 1 N–H and O–H groups in total. The lowest BCUT2D eigenvalue weighted by atomic mass is 10.2. The van der Waals surface area contributed by atoms with Crippen molar-refractivity contribution in [1.82, 2.24) is 0 Å². The van der Waals surface area contributed by atoms with E-state index in [0.717, 1.165) is 6.07 Å². The number of amides is 2. The standard InChI is InChI=1S/C17H12ClFN2O3/c1-24-11-6-4-5-10(9-11)20-15-14(18)16(22)21(17(15)23)13-8-3-2-7-12(13)19/h2-9,20H,1H3. The third-order valence-corrected chi connectivity index (χ3v) is 3.81. The number of benzene rings is 2. The summed E-state index contributed by atoms with van der Waals surface area (Å²) in [4.78, 5) is 25.5. The summed E-state index contributed by atoms with van der Waals surface area (Å²) in [5.41, 5.74) is 0.255. The zero-order valence-corrected chi connectivity index (χ0v) is 13.3. The van der Waals surface area contributed by atoms with Crippen molar-refractivity contribution in [3.63, 3.8) is 0 Å². The highest BCUT2D eigenvalue weighted by Crippen LogP contribution is 2.31. The molecule has 0 saturated carbocycles. The molecule has 0 unspecified atom stereocenters. The fourth-order valence-electron chi connectivity index (χ4n) is 2.31. The molecule has 0 aromatic heterocycles. The van der Waals surface area contributed by atoms with Crippen LogP contribution in [-0.4, -0.2) is 18.9 Å². The van der Waals surface area contributed by atoms with Gasteiger partial charge in [-0.1, -0.05) is 29.8 Å². The van der Waals surface area contributed by atoms with Crippen LogP contribution in [-0.2, 0) is 9.59 Å². The van der Waals surface area contributed by atoms with E-state index >= 15 is 0 Å². The van der Waals surface area contributed by atoms with Gasteiger partial charge in [0.2, 0.25) is 0 Å². The number of hydrogen-bond donors (Lipinski definition) is 1. The number of rotatable bonds is 4. The second-order valence-corrected chi connectivity index (χ2v) is 5.32. The highest BCUT2D eigenvalue weighted by atomic mass is 35.5. The Labute approximate surface area is 142 Å². The first-order valence-electron chi connectivity index (χ1n) is 6.97. The molecule has 7 heteroatoms. The molecule has 0 fully saturated rings. The van der Waals surface area contributed by atoms with Gasteiger partial charge in [0.1, 0.15) is 22.3 Å². The van der Waals surface area contributed by atoms with Gasteiger partial charge in [0, 0.05) is 11.8 Å². The van der Waals surface area contributed by atoms with Gasteiger partial charge in [-0.25, -0.2) is 9.29 Å². The number of anilines is 2. The fourth-order valence-corrected chi connectivity index (χ4v) is 2.52. The summed E-state index contributed by atoms with van der Waals surface area (Å²) < 4.78 is 19.0. The van der Waals surface area contributed by atoms with Gasteiger partial charge in [-0.3, -0.25) is 9.59 Å². The summed E-state index contributed by atoms with van der Waals surface area (Å²) >= 11 is 6.00. The maximum Gasteiger partial charge on any atom is 0.283 e. The number of nitrogens with zero attached hydrogens (tertiary/aromatic N) is 1. The summed E-state index contributed by atoms with van der Waals surface area (Å²) in [6.07, 6.45) is 0. The van der Waals surface area contributed by atoms with Crippen molar-refractivity contribution >= 4 is 34.8 Å². The molecule has 0 spiro atoms. The molecule has 0 radical (unpaired) electrons. The fraction of sp³-hybridized carbons (Fsp3) is 0.0588. The van der Waals surface area contributed by atoms with Crippen molar-refractivity contribution in [2.24, 2.45) is 0 Å². The van der Waals surface area contributed by atoms with Crippen molar-refractivity contribution in [2.75, 3.05) is 17.3 Å². The summed E-state index contributed by atoms with van der Waals surface area (Å²) in [6.45, 7) is 0. The zero-order valence-electron chi connectivity index (χ0n) is 12.5. The number of carbonyl (C=O) groups excluding carboxylic acids is 2. The van der Waals surface area contributed by atoms with Crippen LogP contribution in [0.1, 0.15) is 0 Å². The number of nitrogens with one attached hydrogen (secondary N) is 1. The van der Waals surface area contributed by atoms with Gasteiger partial charge < -0.3 is 10.1 Å². The quantitative estimate of drug-likeness (QED) is 0.863. The largest absolute Gasteiger partial charge is 0.497 e. The number of halogens is 2. The SMILES string of the molecule is COc1cccc(NC2=C(Cl)C(=O)N(c3ccccc3F)C2=O)c1. The van der Waals surface area contributed by atoms with Crippen LogP contribution in [0.15, 0.2) is 59.3 Å². The average Bonchev–Trinajstić information content (AvgIpc) is 2.79. The molecule has 0 atom stereocenters. The van der Waals surface area contributed by atoms with E-state index in [1.165, 1.54) is 25.3 Å². The van der Waals surface area contributed by atoms with E-state index in [4.69, 9.17) is 16.3 Å². The zero-order chi connectivity index (χ0) is 17.3. The van der Waals surface area contributed by atoms with Gasteiger partial charge in [0.05, 0.1) is 12.8 Å². The summed E-state index contributed by atoms with van der Waals surface area (Å²) in [6, 6.07) is 12.3. The molecule has 3 rings (SSSR count). The topological polar surface area (TPSA) is 58.6 Å². The Morgan fingerprint density at radius 2 is 1.83 bits per heavy atom. The molecular formula is C17H12ClFN2O3. The van der Waals surface area contributed by atoms with Crippen LogP contribution in [0, 0.1) is 5.82 Å². The normalized spacial score (nSPS) is 14.4. The molecule has 2 amide bonds. The average molecular weight is 347 g/mol. The lowest BCUT2D eigenvalue weighted by molar-refractivity contribution is -0.120. The second-order valence-electron chi connectivity index (χ2n) is 4.94. The number of methoxy groups -OCH3 is 1. The Bertz CT molecular complexity index is 866. The number of carbonyl (C=O) groups is 2. The maximum atomic E-state index is 13.9. The molecule has 5 nitrogen and oxygen atoms in total. The Morgan fingerprint density at radius 3 is 2.54 bits per heavy atom. The predicted octanol–water partition coefficient (Wildman–Crippen LogP) is 3.27. The van der Waals surface area contributed by atoms with E-state index in [1.807, 2.05) is 0 Å². The molecule has 1 aliphatic heterocycles. The first kappa shape index (κ1) is 16.0. The number of ether oxygens (including phenoxy) is 1. The van der Waals surface area contributed by atoms with Crippen LogP contribution < -0.4 is 15.0 Å². The molecule has 24 heavy (non-hydrogen) atoms. The van der Waals surface area contributed by atoms with Gasteiger partial charge in [-0.05, 0) is 24.3 Å². The van der Waals surface area contributed by atoms with E-state index in [2.05, 4.69) is 5.32 Å². The third kappa shape index (κ3) is 2.72. The second kappa shape index (κ2) is 6.33. The van der Waals surface area contributed by atoms with Gasteiger partial charge in [-0.15, -0.1) is 0 Å². The van der Waals surface area contributed by atoms with E-state index in [0.29, 0.717) is 16.3 Å². The lowest BCUT2D eigenvalue weighted by Crippen LogP contribution is -2.33. The minimum absolute atomic E-state index is 0.113. The van der Waals surface area contributed by atoms with E-state index in [-0.39, 0.29) is 16.4 Å². The Hall–Kier alpha value is -2.86. The smallest absolute Gasteiger partial charge is 0.283 e. The summed E-state index contributed by atoms with van der Waals surface area (Å²) in [7, 11) is 1.51. The molecular weight excluding hydrogens is 335 g/mol. The monoisotopic (exact) mass is 346 g/mol. The molecule has 122 valence electrons. The van der Waals surface area contributed by atoms with Crippen LogP contribution in [0.2, 0.25) is 0 Å². The van der Waals surface area contributed by atoms with Crippen molar-refractivity contribution in [3.05, 3.63) is 65.1 Å². The minimum atomic E-state index is -0.780. The molecule has 2 aromatic carbocycles. The highest BCUT2D eigenvalue weighted by molar-refractivity contribution is 6.53. The van der Waals surface area contributed by atoms with Gasteiger partial charge in [0.25, 0.3) is 11.8 Å². The first-order valence-corrected chi connectivity index (χ1v) is 7.35. The molecule has 2 aromatic rings.